The van der Waals surface area contributed by atoms with Gasteiger partial charge in [-0.3, -0.25) is 0 Å². The molecule has 8 heteroatoms. The molecule has 0 unspecified atom stereocenters. The molecule has 32 heavy (non-hydrogen) atoms. The Bertz CT molecular complexity index is 873. The predicted octanol–water partition coefficient (Wildman–Crippen LogP) is 3.53. The molecule has 1 aromatic carbocycles. The highest BCUT2D eigenvalue weighted by atomic mass is 16.5. The Hall–Kier alpha value is -2.77. The highest BCUT2D eigenvalue weighted by molar-refractivity contribution is 5.80. The molecule has 0 radical (unpaired) electrons. The van der Waals surface area contributed by atoms with Gasteiger partial charge in [-0.1, -0.05) is 25.3 Å². The molecule has 2 aromatic rings. The number of ether oxygens (including phenoxy) is 2. The van der Waals surface area contributed by atoms with Crippen molar-refractivity contribution in [2.45, 2.75) is 71.9 Å². The summed E-state index contributed by atoms with van der Waals surface area (Å²) in [6.45, 7) is 8.43. The fourth-order valence-corrected chi connectivity index (χ4v) is 3.91. The van der Waals surface area contributed by atoms with Gasteiger partial charge in [-0.2, -0.15) is 0 Å². The number of guanidine groups is 1. The summed E-state index contributed by atoms with van der Waals surface area (Å²) in [5, 5.41) is 15.5. The van der Waals surface area contributed by atoms with Crippen LogP contribution in [0.25, 0.3) is 0 Å². The molecule has 176 valence electrons. The van der Waals surface area contributed by atoms with Crippen LogP contribution in [0.4, 0.5) is 0 Å². The van der Waals surface area contributed by atoms with Crippen molar-refractivity contribution in [2.75, 3.05) is 19.8 Å². The van der Waals surface area contributed by atoms with Crippen molar-refractivity contribution >= 4 is 5.96 Å². The molecule has 1 saturated carbocycles. The van der Waals surface area contributed by atoms with Crippen molar-refractivity contribution in [2.24, 2.45) is 12.0 Å². The van der Waals surface area contributed by atoms with Gasteiger partial charge in [0, 0.05) is 19.6 Å². The molecule has 0 atom stereocenters. The second-order valence-electron chi connectivity index (χ2n) is 8.19. The van der Waals surface area contributed by atoms with E-state index in [1.54, 1.807) is 0 Å². The number of hydrogen-bond donors (Lipinski definition) is 2. The van der Waals surface area contributed by atoms with Crippen LogP contribution >= 0.6 is 0 Å². The first kappa shape index (κ1) is 23.9. The summed E-state index contributed by atoms with van der Waals surface area (Å²) in [6, 6.07) is 6.65. The number of aryl methyl sites for hydroxylation is 1. The van der Waals surface area contributed by atoms with E-state index in [4.69, 9.17) is 14.5 Å². The molecule has 8 nitrogen and oxygen atoms in total. The zero-order valence-corrected chi connectivity index (χ0v) is 20.0. The van der Waals surface area contributed by atoms with Crippen molar-refractivity contribution in [3.05, 3.63) is 35.4 Å². The van der Waals surface area contributed by atoms with E-state index >= 15 is 0 Å². The van der Waals surface area contributed by atoms with Gasteiger partial charge in [0.15, 0.2) is 23.3 Å². The number of benzene rings is 1. The largest absolute Gasteiger partial charge is 0.490 e. The van der Waals surface area contributed by atoms with Gasteiger partial charge in [-0.15, -0.1) is 10.2 Å². The predicted molar refractivity (Wildman–Crippen MR) is 127 cm³/mol. The summed E-state index contributed by atoms with van der Waals surface area (Å²) in [5.41, 5.74) is 1.20. The van der Waals surface area contributed by atoms with E-state index in [0.29, 0.717) is 25.8 Å². The van der Waals surface area contributed by atoms with Crippen LogP contribution < -0.4 is 20.1 Å². The van der Waals surface area contributed by atoms with E-state index in [9.17, 15) is 0 Å². The summed E-state index contributed by atoms with van der Waals surface area (Å²) < 4.78 is 13.4. The molecule has 1 aliphatic carbocycles. The third-order valence-corrected chi connectivity index (χ3v) is 5.82. The summed E-state index contributed by atoms with van der Waals surface area (Å²) in [4.78, 5) is 4.81. The molecular weight excluding hydrogens is 404 g/mol. The normalized spacial score (nSPS) is 14.9. The summed E-state index contributed by atoms with van der Waals surface area (Å²) in [7, 11) is 1.98. The van der Waals surface area contributed by atoms with Gasteiger partial charge in [-0.05, 0) is 57.7 Å². The number of aromatic nitrogens is 3. The highest BCUT2D eigenvalue weighted by Gasteiger charge is 2.15. The van der Waals surface area contributed by atoms with Crippen molar-refractivity contribution in [1.82, 2.24) is 25.4 Å². The van der Waals surface area contributed by atoms with Crippen LogP contribution in [0.3, 0.4) is 0 Å². The zero-order chi connectivity index (χ0) is 22.8. The first-order chi connectivity index (χ1) is 15.6. The Morgan fingerprint density at radius 1 is 1.09 bits per heavy atom. The minimum absolute atomic E-state index is 0.478. The number of hydrogen-bond acceptors (Lipinski definition) is 5. The maximum atomic E-state index is 5.76. The molecular formula is C24H38N6O2. The Labute approximate surface area is 191 Å². The topological polar surface area (TPSA) is 85.6 Å². The molecule has 0 amide bonds. The Kier molecular flexibility index (Phi) is 9.19. The molecule has 1 aliphatic rings. The van der Waals surface area contributed by atoms with E-state index in [0.717, 1.165) is 42.1 Å². The third kappa shape index (κ3) is 6.87. The smallest absolute Gasteiger partial charge is 0.191 e. The maximum absolute atomic E-state index is 5.76. The summed E-state index contributed by atoms with van der Waals surface area (Å²) in [6.07, 6.45) is 7.14. The standard InChI is InChI=1S/C24H38N6O2/c1-5-31-21-13-12-19(16-22(21)32-6-2)14-15-25-24(27-20-10-8-7-9-11-20)26-17-23-29-28-18(3)30(23)4/h12-13,16,20H,5-11,14-15,17H2,1-4H3,(H2,25,26,27). The molecule has 2 N–H and O–H groups in total. The lowest BCUT2D eigenvalue weighted by Gasteiger charge is -2.25. The lowest BCUT2D eigenvalue weighted by molar-refractivity contribution is 0.287. The van der Waals surface area contributed by atoms with Gasteiger partial charge in [0.05, 0.1) is 13.2 Å². The van der Waals surface area contributed by atoms with Gasteiger partial charge >= 0.3 is 0 Å². The van der Waals surface area contributed by atoms with E-state index < -0.39 is 0 Å². The fourth-order valence-electron chi connectivity index (χ4n) is 3.91. The van der Waals surface area contributed by atoms with Crippen LogP contribution in [-0.2, 0) is 20.0 Å². The van der Waals surface area contributed by atoms with E-state index in [1.165, 1.54) is 37.7 Å². The van der Waals surface area contributed by atoms with E-state index in [-0.39, 0.29) is 0 Å². The van der Waals surface area contributed by atoms with Gasteiger partial charge in [-0.25, -0.2) is 4.99 Å². The van der Waals surface area contributed by atoms with Gasteiger partial charge < -0.3 is 24.7 Å². The highest BCUT2D eigenvalue weighted by Crippen LogP contribution is 2.28. The monoisotopic (exact) mass is 442 g/mol. The fraction of sp³-hybridized carbons (Fsp3) is 0.625. The second-order valence-corrected chi connectivity index (χ2v) is 8.19. The van der Waals surface area contributed by atoms with Crippen molar-refractivity contribution < 1.29 is 9.47 Å². The van der Waals surface area contributed by atoms with Crippen molar-refractivity contribution in [3.8, 4) is 11.5 Å². The second kappa shape index (κ2) is 12.3. The summed E-state index contributed by atoms with van der Waals surface area (Å²) in [5.74, 6) is 4.20. The Balaban J connectivity index is 1.63. The first-order valence-electron chi connectivity index (χ1n) is 11.9. The lowest BCUT2D eigenvalue weighted by Crippen LogP contribution is -2.44. The molecule has 0 bridgehead atoms. The van der Waals surface area contributed by atoms with Crippen LogP contribution in [0.2, 0.25) is 0 Å². The molecule has 0 spiro atoms. The Morgan fingerprint density at radius 2 is 1.84 bits per heavy atom. The molecule has 1 fully saturated rings. The number of rotatable bonds is 10. The zero-order valence-electron chi connectivity index (χ0n) is 20.0. The van der Waals surface area contributed by atoms with E-state index in [1.807, 2.05) is 38.5 Å². The Morgan fingerprint density at radius 3 is 2.53 bits per heavy atom. The molecule has 3 rings (SSSR count). The maximum Gasteiger partial charge on any atom is 0.191 e. The average Bonchev–Trinajstić information content (AvgIpc) is 3.12. The minimum atomic E-state index is 0.478. The van der Waals surface area contributed by atoms with Crippen molar-refractivity contribution in [3.63, 3.8) is 0 Å². The van der Waals surface area contributed by atoms with Crippen LogP contribution in [0.1, 0.15) is 63.2 Å². The SMILES string of the molecule is CCOc1ccc(CCNC(=NCc2nnc(C)n2C)NC2CCCCC2)cc1OCC. The van der Waals surface area contributed by atoms with Crippen LogP contribution in [-0.4, -0.2) is 46.5 Å². The van der Waals surface area contributed by atoms with Crippen LogP contribution in [0.15, 0.2) is 23.2 Å². The van der Waals surface area contributed by atoms with Crippen LogP contribution in [0.5, 0.6) is 11.5 Å². The molecule has 0 aliphatic heterocycles. The third-order valence-electron chi connectivity index (χ3n) is 5.82. The molecule has 0 saturated heterocycles. The molecule has 1 heterocycles. The number of aliphatic imine (C=N–C) groups is 1. The van der Waals surface area contributed by atoms with Gasteiger partial charge in [0.2, 0.25) is 0 Å². The van der Waals surface area contributed by atoms with E-state index in [2.05, 4.69) is 33.0 Å². The summed E-state index contributed by atoms with van der Waals surface area (Å²) >= 11 is 0. The first-order valence-corrected chi connectivity index (χ1v) is 11.9. The number of nitrogens with zero attached hydrogens (tertiary/aromatic N) is 4. The molecule has 1 aromatic heterocycles. The number of nitrogens with one attached hydrogen (secondary N) is 2. The minimum Gasteiger partial charge on any atom is -0.490 e. The lowest BCUT2D eigenvalue weighted by atomic mass is 9.96. The van der Waals surface area contributed by atoms with Gasteiger partial charge in [0.1, 0.15) is 12.4 Å². The van der Waals surface area contributed by atoms with Crippen LogP contribution in [0, 0.1) is 6.92 Å². The average molecular weight is 443 g/mol. The quantitative estimate of drug-likeness (QED) is 0.432. The van der Waals surface area contributed by atoms with Gasteiger partial charge in [0.25, 0.3) is 0 Å². The van der Waals surface area contributed by atoms with Crippen molar-refractivity contribution in [1.29, 1.82) is 0 Å².